The minimum absolute atomic E-state index is 0.813. The molecule has 2 nitrogen and oxygen atoms in total. The maximum Gasteiger partial charge on any atom is 0.0438 e. The van der Waals surface area contributed by atoms with Crippen LogP contribution < -0.4 is 4.90 Å². The van der Waals surface area contributed by atoms with E-state index >= 15 is 0 Å². The summed E-state index contributed by atoms with van der Waals surface area (Å²) in [6, 6.07) is 7.85. The highest BCUT2D eigenvalue weighted by molar-refractivity contribution is 5.67. The lowest BCUT2D eigenvalue weighted by Gasteiger charge is -2.33. The van der Waals surface area contributed by atoms with E-state index in [0.29, 0.717) is 0 Å². The predicted molar refractivity (Wildman–Crippen MR) is 75.4 cm³/mol. The van der Waals surface area contributed by atoms with Crippen LogP contribution in [0.15, 0.2) is 18.2 Å². The van der Waals surface area contributed by atoms with Crippen LogP contribution in [0, 0.1) is 0 Å². The molecule has 4 rings (SSSR count). The van der Waals surface area contributed by atoms with Crippen molar-refractivity contribution in [2.45, 2.75) is 37.6 Å². The topological polar surface area (TPSA) is 6.48 Å². The third-order valence-electron chi connectivity index (χ3n) is 5.20. The number of anilines is 1. The molecule has 1 aromatic carbocycles. The number of hydrogen-bond acceptors (Lipinski definition) is 2. The fraction of sp³-hybridized carbons (Fsp3) is 0.625. The highest BCUT2D eigenvalue weighted by Crippen LogP contribution is 2.50. The van der Waals surface area contributed by atoms with Crippen molar-refractivity contribution in [2.75, 3.05) is 31.6 Å². The lowest BCUT2D eigenvalue weighted by atomic mass is 9.95. The van der Waals surface area contributed by atoms with Crippen molar-refractivity contribution in [3.63, 3.8) is 0 Å². The molecule has 0 bridgehead atoms. The zero-order valence-electron chi connectivity index (χ0n) is 11.2. The molecule has 2 heteroatoms. The first-order chi connectivity index (χ1) is 8.84. The normalized spacial score (nSPS) is 30.8. The third-order valence-corrected chi connectivity index (χ3v) is 5.20. The van der Waals surface area contributed by atoms with Gasteiger partial charge >= 0.3 is 0 Å². The van der Waals surface area contributed by atoms with Gasteiger partial charge in [0.2, 0.25) is 0 Å². The van der Waals surface area contributed by atoms with E-state index in [4.69, 9.17) is 0 Å². The summed E-state index contributed by atoms with van der Waals surface area (Å²) in [7, 11) is 2.26. The van der Waals surface area contributed by atoms with Gasteiger partial charge in [0.05, 0.1) is 0 Å². The van der Waals surface area contributed by atoms with Crippen LogP contribution in [0.4, 0.5) is 5.69 Å². The molecular weight excluding hydrogens is 220 g/mol. The smallest absolute Gasteiger partial charge is 0.0438 e. The second-order valence-electron chi connectivity index (χ2n) is 6.21. The Bertz CT molecular complexity index is 468. The Morgan fingerprint density at radius 3 is 3.00 bits per heavy atom. The standard InChI is InChI=1S/C16H22N2/c1-17-9-8-12-4-2-6-14-13-5-3-7-15(13)18(11-10-17)16(12)14/h2,4,6,13,15H,3,5,7-11H2,1H3. The highest BCUT2D eigenvalue weighted by atomic mass is 15.2. The number of hydrogen-bond donors (Lipinski definition) is 0. The Kier molecular flexibility index (Phi) is 2.41. The Morgan fingerprint density at radius 1 is 1.11 bits per heavy atom. The molecule has 0 spiro atoms. The molecule has 0 amide bonds. The molecule has 0 aromatic heterocycles. The zero-order chi connectivity index (χ0) is 12.1. The van der Waals surface area contributed by atoms with Gasteiger partial charge in [0.25, 0.3) is 0 Å². The van der Waals surface area contributed by atoms with Crippen molar-refractivity contribution in [1.29, 1.82) is 0 Å². The monoisotopic (exact) mass is 242 g/mol. The zero-order valence-corrected chi connectivity index (χ0v) is 11.2. The largest absolute Gasteiger partial charge is 0.366 e. The molecule has 2 aliphatic heterocycles. The first-order valence-corrected chi connectivity index (χ1v) is 7.41. The average molecular weight is 242 g/mol. The van der Waals surface area contributed by atoms with Gasteiger partial charge in [0.15, 0.2) is 0 Å². The molecular formula is C16H22N2. The second-order valence-corrected chi connectivity index (χ2v) is 6.21. The van der Waals surface area contributed by atoms with Gasteiger partial charge in [-0.15, -0.1) is 0 Å². The van der Waals surface area contributed by atoms with E-state index in [2.05, 4.69) is 35.0 Å². The average Bonchev–Trinajstić information content (AvgIpc) is 2.93. The van der Waals surface area contributed by atoms with Gasteiger partial charge in [-0.05, 0) is 37.4 Å². The highest BCUT2D eigenvalue weighted by Gasteiger charge is 2.42. The lowest BCUT2D eigenvalue weighted by molar-refractivity contribution is 0.335. The number of benzene rings is 1. The Hall–Kier alpha value is -1.02. The van der Waals surface area contributed by atoms with Crippen LogP contribution >= 0.6 is 0 Å². The van der Waals surface area contributed by atoms with E-state index in [-0.39, 0.29) is 0 Å². The summed E-state index contributed by atoms with van der Waals surface area (Å²) in [6.45, 7) is 3.65. The Balaban J connectivity index is 1.83. The van der Waals surface area contributed by atoms with Gasteiger partial charge < -0.3 is 9.80 Å². The summed E-state index contributed by atoms with van der Waals surface area (Å²) >= 11 is 0. The molecule has 18 heavy (non-hydrogen) atoms. The first-order valence-electron chi connectivity index (χ1n) is 7.41. The van der Waals surface area contributed by atoms with E-state index in [1.54, 1.807) is 16.8 Å². The number of rotatable bonds is 0. The van der Waals surface area contributed by atoms with E-state index in [1.165, 1.54) is 45.3 Å². The molecule has 0 N–H and O–H groups in total. The van der Waals surface area contributed by atoms with Crippen molar-refractivity contribution in [1.82, 2.24) is 4.90 Å². The molecule has 0 saturated heterocycles. The van der Waals surface area contributed by atoms with Gasteiger partial charge in [-0.1, -0.05) is 24.6 Å². The predicted octanol–water partition coefficient (Wildman–Crippen LogP) is 2.63. The van der Waals surface area contributed by atoms with Crippen molar-refractivity contribution in [3.8, 4) is 0 Å². The van der Waals surface area contributed by atoms with Crippen molar-refractivity contribution >= 4 is 5.69 Å². The fourth-order valence-corrected chi connectivity index (χ4v) is 4.28. The van der Waals surface area contributed by atoms with Gasteiger partial charge in [0, 0.05) is 37.3 Å². The third kappa shape index (κ3) is 1.45. The molecule has 0 radical (unpaired) electrons. The van der Waals surface area contributed by atoms with E-state index in [0.717, 1.165) is 12.0 Å². The van der Waals surface area contributed by atoms with Gasteiger partial charge in [-0.2, -0.15) is 0 Å². The molecule has 2 heterocycles. The molecule has 2 unspecified atom stereocenters. The van der Waals surface area contributed by atoms with E-state index < -0.39 is 0 Å². The molecule has 2 atom stereocenters. The maximum absolute atomic E-state index is 2.75. The first kappa shape index (κ1) is 10.9. The van der Waals surface area contributed by atoms with Crippen LogP contribution in [0.1, 0.15) is 36.3 Å². The summed E-state index contributed by atoms with van der Waals surface area (Å²) in [5.41, 5.74) is 4.88. The summed E-state index contributed by atoms with van der Waals surface area (Å²) in [6.07, 6.45) is 5.46. The Labute approximate surface area is 110 Å². The van der Waals surface area contributed by atoms with Gasteiger partial charge in [-0.3, -0.25) is 0 Å². The van der Waals surface area contributed by atoms with E-state index in [9.17, 15) is 0 Å². The number of fused-ring (bicyclic) bond motifs is 3. The lowest BCUT2D eigenvalue weighted by Crippen LogP contribution is -2.40. The quantitative estimate of drug-likeness (QED) is 0.690. The van der Waals surface area contributed by atoms with Crippen molar-refractivity contribution in [2.24, 2.45) is 0 Å². The molecule has 1 fully saturated rings. The van der Waals surface area contributed by atoms with Gasteiger partial charge in [-0.25, -0.2) is 0 Å². The van der Waals surface area contributed by atoms with E-state index in [1.807, 2.05) is 0 Å². The summed E-state index contributed by atoms with van der Waals surface area (Å²) in [4.78, 5) is 5.23. The minimum Gasteiger partial charge on any atom is -0.366 e. The van der Waals surface area contributed by atoms with Crippen LogP contribution in [0.3, 0.4) is 0 Å². The SMILES string of the molecule is CN1CCc2cccc3c2N(CC1)C1CCCC31. The maximum atomic E-state index is 2.75. The minimum atomic E-state index is 0.813. The van der Waals surface area contributed by atoms with Crippen LogP contribution in [0.5, 0.6) is 0 Å². The Morgan fingerprint density at radius 2 is 2.06 bits per heavy atom. The van der Waals surface area contributed by atoms with Crippen molar-refractivity contribution in [3.05, 3.63) is 29.3 Å². The summed E-state index contributed by atoms with van der Waals surface area (Å²) in [5, 5.41) is 0. The fourth-order valence-electron chi connectivity index (χ4n) is 4.28. The molecule has 1 aromatic rings. The van der Waals surface area contributed by atoms with Crippen LogP contribution in [0.25, 0.3) is 0 Å². The molecule has 3 aliphatic rings. The number of nitrogens with zero attached hydrogens (tertiary/aromatic N) is 2. The second kappa shape index (κ2) is 3.99. The van der Waals surface area contributed by atoms with Crippen LogP contribution in [0.2, 0.25) is 0 Å². The number of para-hydroxylation sites is 1. The summed E-state index contributed by atoms with van der Waals surface area (Å²) in [5.74, 6) is 0.836. The van der Waals surface area contributed by atoms with Crippen molar-refractivity contribution < 1.29 is 0 Å². The van der Waals surface area contributed by atoms with Gasteiger partial charge in [0.1, 0.15) is 0 Å². The molecule has 1 aliphatic carbocycles. The molecule has 96 valence electrons. The molecule has 1 saturated carbocycles. The van der Waals surface area contributed by atoms with Crippen LogP contribution in [-0.2, 0) is 6.42 Å². The number of likely N-dealkylation sites (N-methyl/N-ethyl adjacent to an activating group) is 1. The van der Waals surface area contributed by atoms with Crippen LogP contribution in [-0.4, -0.2) is 37.6 Å². The summed E-state index contributed by atoms with van der Waals surface area (Å²) < 4.78 is 0.